The van der Waals surface area contributed by atoms with Gasteiger partial charge in [-0.15, -0.1) is 11.3 Å². The highest BCUT2D eigenvalue weighted by Crippen LogP contribution is 2.24. The molecule has 5 heteroatoms. The van der Waals surface area contributed by atoms with Gasteiger partial charge in [0.2, 0.25) is 0 Å². The first kappa shape index (κ1) is 10.2. The fraction of sp³-hybridized carbons (Fsp3) is 0.0833. The molecular formula is C12H9N3OS. The van der Waals surface area contributed by atoms with Crippen molar-refractivity contribution in [2.24, 2.45) is 7.05 Å². The van der Waals surface area contributed by atoms with Gasteiger partial charge in [0, 0.05) is 12.4 Å². The number of benzene rings is 1. The zero-order valence-corrected chi connectivity index (χ0v) is 9.94. The molecule has 0 spiro atoms. The van der Waals surface area contributed by atoms with Gasteiger partial charge in [0.15, 0.2) is 17.1 Å². The Morgan fingerprint density at radius 3 is 2.82 bits per heavy atom. The van der Waals surface area contributed by atoms with Gasteiger partial charge in [-0.25, -0.2) is 9.97 Å². The number of fused-ring (bicyclic) bond motifs is 1. The van der Waals surface area contributed by atoms with Crippen molar-refractivity contribution in [2.45, 2.75) is 0 Å². The van der Waals surface area contributed by atoms with Crippen LogP contribution in [0.4, 0.5) is 0 Å². The van der Waals surface area contributed by atoms with Crippen LogP contribution < -0.4 is 0 Å². The van der Waals surface area contributed by atoms with Crippen molar-refractivity contribution in [1.82, 2.24) is 14.5 Å². The second-order valence-electron chi connectivity index (χ2n) is 3.67. The molecule has 2 heterocycles. The predicted octanol–water partition coefficient (Wildman–Crippen LogP) is 2.51. The molecule has 1 aromatic carbocycles. The Balaban J connectivity index is 2.23. The minimum absolute atomic E-state index is 0.479. The summed E-state index contributed by atoms with van der Waals surface area (Å²) >= 11 is 1.33. The average Bonchev–Trinajstić information content (AvgIpc) is 2.95. The Bertz CT molecular complexity index is 699. The third-order valence-electron chi connectivity index (χ3n) is 2.64. The predicted molar refractivity (Wildman–Crippen MR) is 67.2 cm³/mol. The molecule has 84 valence electrons. The summed E-state index contributed by atoms with van der Waals surface area (Å²) in [6, 6.07) is 7.91. The molecule has 0 bridgehead atoms. The Hall–Kier alpha value is -2.01. The first-order valence-corrected chi connectivity index (χ1v) is 6.00. The Kier molecular flexibility index (Phi) is 2.26. The van der Waals surface area contributed by atoms with Gasteiger partial charge in [0.05, 0.1) is 11.0 Å². The second kappa shape index (κ2) is 3.78. The smallest absolute Gasteiger partial charge is 0.178 e. The first-order valence-electron chi connectivity index (χ1n) is 5.12. The van der Waals surface area contributed by atoms with Gasteiger partial charge >= 0.3 is 0 Å². The largest absolute Gasteiger partial charge is 0.326 e. The quantitative estimate of drug-likeness (QED) is 0.650. The van der Waals surface area contributed by atoms with E-state index >= 15 is 0 Å². The Morgan fingerprint density at radius 1 is 1.29 bits per heavy atom. The summed E-state index contributed by atoms with van der Waals surface area (Å²) in [5, 5.41) is 2.33. The maximum Gasteiger partial charge on any atom is 0.178 e. The summed E-state index contributed by atoms with van der Waals surface area (Å²) in [5.74, 6) is 0.788. The number of aromatic nitrogens is 3. The number of carbonyl (C=O) groups is 1. The molecule has 4 nitrogen and oxygen atoms in total. The molecule has 0 radical (unpaired) electrons. The van der Waals surface area contributed by atoms with E-state index in [1.807, 2.05) is 41.3 Å². The molecule has 3 aromatic rings. The lowest BCUT2D eigenvalue weighted by molar-refractivity contribution is 0.112. The highest BCUT2D eigenvalue weighted by molar-refractivity contribution is 7.11. The minimum atomic E-state index is 0.479. The normalized spacial score (nSPS) is 10.9. The number of rotatable bonds is 2. The number of thiazole rings is 1. The summed E-state index contributed by atoms with van der Waals surface area (Å²) in [6.07, 6.45) is 0.761. The Morgan fingerprint density at radius 2 is 2.12 bits per heavy atom. The van der Waals surface area contributed by atoms with Gasteiger partial charge in [-0.1, -0.05) is 12.1 Å². The molecule has 0 N–H and O–H groups in total. The van der Waals surface area contributed by atoms with Crippen LogP contribution in [0.2, 0.25) is 0 Å². The summed E-state index contributed by atoms with van der Waals surface area (Å²) in [6.45, 7) is 0. The van der Waals surface area contributed by atoms with Crippen molar-refractivity contribution in [3.05, 3.63) is 34.7 Å². The lowest BCUT2D eigenvalue weighted by Gasteiger charge is -1.97. The average molecular weight is 243 g/mol. The molecule has 0 aliphatic heterocycles. The fourth-order valence-corrected chi connectivity index (χ4v) is 2.42. The molecule has 17 heavy (non-hydrogen) atoms. The van der Waals surface area contributed by atoms with Crippen LogP contribution in [-0.2, 0) is 7.05 Å². The van der Waals surface area contributed by atoms with E-state index in [1.165, 1.54) is 11.3 Å². The van der Waals surface area contributed by atoms with E-state index in [1.54, 1.807) is 0 Å². The summed E-state index contributed by atoms with van der Waals surface area (Å²) in [5.41, 5.74) is 2.74. The topological polar surface area (TPSA) is 47.8 Å². The van der Waals surface area contributed by atoms with E-state index < -0.39 is 0 Å². The number of hydrogen-bond donors (Lipinski definition) is 0. The van der Waals surface area contributed by atoms with Gasteiger partial charge in [0.1, 0.15) is 5.69 Å². The molecule has 0 unspecified atom stereocenters. The lowest BCUT2D eigenvalue weighted by Crippen LogP contribution is -1.92. The van der Waals surface area contributed by atoms with Gasteiger partial charge in [0.25, 0.3) is 0 Å². The van der Waals surface area contributed by atoms with Gasteiger partial charge in [-0.2, -0.15) is 0 Å². The van der Waals surface area contributed by atoms with E-state index in [9.17, 15) is 4.79 Å². The van der Waals surface area contributed by atoms with Gasteiger partial charge < -0.3 is 4.57 Å². The number of para-hydroxylation sites is 2. The van der Waals surface area contributed by atoms with Crippen LogP contribution in [0.3, 0.4) is 0 Å². The highest BCUT2D eigenvalue weighted by atomic mass is 32.1. The SMILES string of the molecule is Cn1c(-c2csc(C=O)n2)nc2ccccc21. The fourth-order valence-electron chi connectivity index (χ4n) is 1.82. The highest BCUT2D eigenvalue weighted by Gasteiger charge is 2.12. The minimum Gasteiger partial charge on any atom is -0.326 e. The van der Waals surface area contributed by atoms with Crippen LogP contribution >= 0.6 is 11.3 Å². The molecule has 3 rings (SSSR count). The molecule has 0 saturated carbocycles. The molecule has 2 aromatic heterocycles. The summed E-state index contributed by atoms with van der Waals surface area (Å²) in [7, 11) is 1.95. The number of imidazole rings is 1. The van der Waals surface area contributed by atoms with Crippen molar-refractivity contribution >= 4 is 28.7 Å². The van der Waals surface area contributed by atoms with Crippen LogP contribution in [0.25, 0.3) is 22.6 Å². The van der Waals surface area contributed by atoms with Crippen molar-refractivity contribution in [1.29, 1.82) is 0 Å². The maximum atomic E-state index is 10.6. The molecular weight excluding hydrogens is 234 g/mol. The van der Waals surface area contributed by atoms with Crippen LogP contribution in [0, 0.1) is 0 Å². The van der Waals surface area contributed by atoms with E-state index in [2.05, 4.69) is 9.97 Å². The van der Waals surface area contributed by atoms with E-state index in [0.29, 0.717) is 5.01 Å². The monoisotopic (exact) mass is 243 g/mol. The molecule has 0 amide bonds. The van der Waals surface area contributed by atoms with Crippen molar-refractivity contribution in [3.8, 4) is 11.5 Å². The maximum absolute atomic E-state index is 10.6. The van der Waals surface area contributed by atoms with Crippen molar-refractivity contribution in [2.75, 3.05) is 0 Å². The van der Waals surface area contributed by atoms with Crippen LogP contribution in [-0.4, -0.2) is 20.8 Å². The van der Waals surface area contributed by atoms with Gasteiger partial charge in [-0.05, 0) is 12.1 Å². The van der Waals surface area contributed by atoms with E-state index in [4.69, 9.17) is 0 Å². The molecule has 0 aliphatic carbocycles. The zero-order chi connectivity index (χ0) is 11.8. The second-order valence-corrected chi connectivity index (χ2v) is 4.56. The third kappa shape index (κ3) is 1.55. The number of aryl methyl sites for hydroxylation is 1. The zero-order valence-electron chi connectivity index (χ0n) is 9.12. The van der Waals surface area contributed by atoms with Crippen LogP contribution in [0.1, 0.15) is 9.80 Å². The molecule has 0 saturated heterocycles. The Labute approximate surface area is 102 Å². The molecule has 0 atom stereocenters. The third-order valence-corrected chi connectivity index (χ3v) is 3.41. The summed E-state index contributed by atoms with van der Waals surface area (Å²) in [4.78, 5) is 19.4. The van der Waals surface area contributed by atoms with E-state index in [0.717, 1.165) is 28.8 Å². The first-order chi connectivity index (χ1) is 8.29. The standard InChI is InChI=1S/C12H9N3OS/c1-15-10-5-3-2-4-8(10)14-12(15)9-7-17-11(6-16)13-9/h2-7H,1H3. The van der Waals surface area contributed by atoms with Crippen LogP contribution in [0.5, 0.6) is 0 Å². The van der Waals surface area contributed by atoms with Crippen molar-refractivity contribution < 1.29 is 4.79 Å². The number of carbonyl (C=O) groups excluding carboxylic acids is 1. The number of nitrogens with zero attached hydrogens (tertiary/aromatic N) is 3. The number of aldehydes is 1. The lowest BCUT2D eigenvalue weighted by atomic mass is 10.3. The summed E-state index contributed by atoms with van der Waals surface area (Å²) < 4.78 is 1.99. The number of hydrogen-bond acceptors (Lipinski definition) is 4. The van der Waals surface area contributed by atoms with E-state index in [-0.39, 0.29) is 0 Å². The van der Waals surface area contributed by atoms with Crippen molar-refractivity contribution in [3.63, 3.8) is 0 Å². The van der Waals surface area contributed by atoms with Crippen LogP contribution in [0.15, 0.2) is 29.6 Å². The van der Waals surface area contributed by atoms with Gasteiger partial charge in [-0.3, -0.25) is 4.79 Å². The molecule has 0 aliphatic rings. The molecule has 0 fully saturated rings.